The Bertz CT molecular complexity index is 404. The summed E-state index contributed by atoms with van der Waals surface area (Å²) in [5, 5.41) is 3.59. The van der Waals surface area contributed by atoms with E-state index in [4.69, 9.17) is 16.3 Å². The van der Waals surface area contributed by atoms with Crippen molar-refractivity contribution in [2.75, 3.05) is 19.6 Å². The molecule has 2 heterocycles. The van der Waals surface area contributed by atoms with Crippen LogP contribution in [0.15, 0.2) is 5.10 Å². The highest BCUT2D eigenvalue weighted by atomic mass is 16.6. The van der Waals surface area contributed by atoms with Crippen LogP contribution < -0.4 is 11.6 Å². The molecular formula is C13H25N5O2. The topological polar surface area (TPSA) is 97.2 Å². The van der Waals surface area contributed by atoms with Crippen LogP contribution in [0.5, 0.6) is 0 Å². The summed E-state index contributed by atoms with van der Waals surface area (Å²) >= 11 is 0. The van der Waals surface area contributed by atoms with Crippen LogP contribution in [0.2, 0.25) is 0 Å². The van der Waals surface area contributed by atoms with Gasteiger partial charge >= 0.3 is 6.09 Å². The highest BCUT2D eigenvalue weighted by molar-refractivity contribution is 5.78. The van der Waals surface area contributed by atoms with Gasteiger partial charge in [-0.1, -0.05) is 0 Å². The number of likely N-dealkylation sites (tertiary alicyclic amines) is 2. The fraction of sp³-hybridized carbons (Fsp3) is 0.846. The molecule has 2 aliphatic heterocycles. The molecule has 0 saturated carbocycles. The number of hydrazone groups is 1. The average Bonchev–Trinajstić information content (AvgIpc) is 2.79. The standard InChI is InChI=1S/C13H25N5O2/c1-13(2,3)20-12(19)17-7-9-5-4-6-18(10(9)8-17)11(14)16-15/h9-10H,4-8,15H2,1-3H3,(H2,14,16)/t9-,10+/m1/s1. The van der Waals surface area contributed by atoms with Crippen LogP contribution in [0, 0.1) is 5.92 Å². The van der Waals surface area contributed by atoms with Gasteiger partial charge in [-0.2, -0.15) is 0 Å². The van der Waals surface area contributed by atoms with Crippen LogP contribution in [-0.2, 0) is 4.74 Å². The van der Waals surface area contributed by atoms with Gasteiger partial charge in [-0.3, -0.25) is 0 Å². The Morgan fingerprint density at radius 2 is 2.05 bits per heavy atom. The number of fused-ring (bicyclic) bond motifs is 1. The third kappa shape index (κ3) is 3.08. The van der Waals surface area contributed by atoms with E-state index in [9.17, 15) is 4.79 Å². The lowest BCUT2D eigenvalue weighted by atomic mass is 9.92. The van der Waals surface area contributed by atoms with Crippen molar-refractivity contribution in [3.8, 4) is 0 Å². The largest absolute Gasteiger partial charge is 0.444 e. The molecule has 0 aromatic heterocycles. The molecule has 0 aliphatic carbocycles. The second kappa shape index (κ2) is 5.38. The molecule has 4 N–H and O–H groups in total. The maximum atomic E-state index is 12.1. The Balaban J connectivity index is 2.04. The van der Waals surface area contributed by atoms with Crippen LogP contribution >= 0.6 is 0 Å². The molecule has 1 amide bonds. The number of carbonyl (C=O) groups excluding carboxylic acids is 1. The number of piperidine rings is 1. The van der Waals surface area contributed by atoms with Crippen molar-refractivity contribution >= 4 is 12.1 Å². The van der Waals surface area contributed by atoms with E-state index in [1.54, 1.807) is 4.90 Å². The van der Waals surface area contributed by atoms with E-state index in [1.807, 2.05) is 25.7 Å². The van der Waals surface area contributed by atoms with Crippen molar-refractivity contribution in [3.63, 3.8) is 0 Å². The first-order chi connectivity index (χ1) is 9.31. The zero-order chi connectivity index (χ0) is 14.9. The Hall–Kier alpha value is -1.66. The van der Waals surface area contributed by atoms with E-state index in [2.05, 4.69) is 5.10 Å². The molecule has 2 fully saturated rings. The number of hydrogen-bond donors (Lipinski definition) is 2. The van der Waals surface area contributed by atoms with Gasteiger partial charge in [0.15, 0.2) is 0 Å². The number of nitrogens with two attached hydrogens (primary N) is 2. The van der Waals surface area contributed by atoms with Crippen molar-refractivity contribution in [3.05, 3.63) is 0 Å². The molecule has 0 spiro atoms. The predicted molar refractivity (Wildman–Crippen MR) is 76.8 cm³/mol. The second-order valence-electron chi connectivity index (χ2n) is 6.54. The normalized spacial score (nSPS) is 27.4. The van der Waals surface area contributed by atoms with Crippen LogP contribution in [0.3, 0.4) is 0 Å². The van der Waals surface area contributed by atoms with E-state index >= 15 is 0 Å². The maximum absolute atomic E-state index is 12.1. The van der Waals surface area contributed by atoms with Crippen LogP contribution in [-0.4, -0.2) is 53.1 Å². The Kier molecular flexibility index (Phi) is 3.96. The maximum Gasteiger partial charge on any atom is 0.410 e. The molecular weight excluding hydrogens is 258 g/mol. The number of guanidine groups is 1. The first kappa shape index (κ1) is 14.7. The van der Waals surface area contributed by atoms with E-state index in [0.29, 0.717) is 25.0 Å². The highest BCUT2D eigenvalue weighted by Gasteiger charge is 2.42. The Morgan fingerprint density at radius 1 is 1.35 bits per heavy atom. The lowest BCUT2D eigenvalue weighted by Gasteiger charge is -2.37. The second-order valence-corrected chi connectivity index (χ2v) is 6.54. The fourth-order valence-electron chi connectivity index (χ4n) is 3.01. The van der Waals surface area contributed by atoms with Gasteiger partial charge in [0.2, 0.25) is 5.96 Å². The molecule has 2 saturated heterocycles. The number of amides is 1. The first-order valence-corrected chi connectivity index (χ1v) is 7.10. The summed E-state index contributed by atoms with van der Waals surface area (Å²) in [6.45, 7) is 7.80. The predicted octanol–water partition coefficient (Wildman–Crippen LogP) is 0.506. The lowest BCUT2D eigenvalue weighted by Crippen LogP contribution is -2.51. The monoisotopic (exact) mass is 283 g/mol. The zero-order valence-corrected chi connectivity index (χ0v) is 12.5. The SMILES string of the molecule is CC(C)(C)OC(=O)N1C[C@H]2CCCN(C(N)=NN)[C@H]2C1. The van der Waals surface area contributed by atoms with E-state index in [1.165, 1.54) is 0 Å². The van der Waals surface area contributed by atoms with Gasteiger partial charge in [-0.05, 0) is 39.5 Å². The summed E-state index contributed by atoms with van der Waals surface area (Å²) < 4.78 is 5.43. The van der Waals surface area contributed by atoms with Gasteiger partial charge in [0.1, 0.15) is 5.60 Å². The minimum Gasteiger partial charge on any atom is -0.444 e. The van der Waals surface area contributed by atoms with E-state index < -0.39 is 5.60 Å². The minimum absolute atomic E-state index is 0.198. The van der Waals surface area contributed by atoms with Gasteiger partial charge in [0.05, 0.1) is 6.04 Å². The van der Waals surface area contributed by atoms with Crippen molar-refractivity contribution in [2.24, 2.45) is 22.6 Å². The number of rotatable bonds is 0. The summed E-state index contributed by atoms with van der Waals surface area (Å²) in [5.41, 5.74) is 5.37. The molecule has 2 rings (SSSR count). The minimum atomic E-state index is -0.470. The van der Waals surface area contributed by atoms with Crippen molar-refractivity contribution < 1.29 is 9.53 Å². The van der Waals surface area contributed by atoms with Gasteiger partial charge in [0.25, 0.3) is 0 Å². The van der Waals surface area contributed by atoms with Crippen LogP contribution in [0.4, 0.5) is 4.79 Å². The number of nitrogens with zero attached hydrogens (tertiary/aromatic N) is 3. The molecule has 0 radical (unpaired) electrons. The molecule has 0 bridgehead atoms. The molecule has 2 atom stereocenters. The quantitative estimate of drug-likeness (QED) is 0.292. The number of carbonyl (C=O) groups is 1. The lowest BCUT2D eigenvalue weighted by molar-refractivity contribution is 0.0283. The summed E-state index contributed by atoms with van der Waals surface area (Å²) in [6, 6.07) is 0.198. The zero-order valence-electron chi connectivity index (χ0n) is 12.5. The van der Waals surface area contributed by atoms with Gasteiger partial charge < -0.3 is 26.1 Å². The Morgan fingerprint density at radius 3 is 2.65 bits per heavy atom. The molecule has 2 aliphatic rings. The molecule has 0 unspecified atom stereocenters. The van der Waals surface area contributed by atoms with Crippen LogP contribution in [0.25, 0.3) is 0 Å². The number of hydrogen-bond acceptors (Lipinski definition) is 4. The summed E-state index contributed by atoms with van der Waals surface area (Å²) in [6.07, 6.45) is 1.88. The molecule has 7 heteroatoms. The summed E-state index contributed by atoms with van der Waals surface area (Å²) in [5.74, 6) is 6.05. The number of ether oxygens (including phenoxy) is 1. The smallest absolute Gasteiger partial charge is 0.410 e. The third-order valence-electron chi connectivity index (χ3n) is 3.86. The molecule has 20 heavy (non-hydrogen) atoms. The van der Waals surface area contributed by atoms with Crippen LogP contribution in [0.1, 0.15) is 33.6 Å². The van der Waals surface area contributed by atoms with E-state index in [-0.39, 0.29) is 12.1 Å². The van der Waals surface area contributed by atoms with Gasteiger partial charge in [-0.15, -0.1) is 5.10 Å². The van der Waals surface area contributed by atoms with Crippen molar-refractivity contribution in [2.45, 2.75) is 45.3 Å². The average molecular weight is 283 g/mol. The Labute approximate surface area is 119 Å². The first-order valence-electron chi connectivity index (χ1n) is 7.10. The highest BCUT2D eigenvalue weighted by Crippen LogP contribution is 2.31. The van der Waals surface area contributed by atoms with Gasteiger partial charge in [0, 0.05) is 19.6 Å². The fourth-order valence-corrected chi connectivity index (χ4v) is 3.01. The van der Waals surface area contributed by atoms with Crippen molar-refractivity contribution in [1.82, 2.24) is 9.80 Å². The molecule has 0 aromatic carbocycles. The molecule has 114 valence electrons. The summed E-state index contributed by atoms with van der Waals surface area (Å²) in [7, 11) is 0. The van der Waals surface area contributed by atoms with E-state index in [0.717, 1.165) is 19.4 Å². The third-order valence-corrected chi connectivity index (χ3v) is 3.86. The van der Waals surface area contributed by atoms with Crippen molar-refractivity contribution in [1.29, 1.82) is 0 Å². The van der Waals surface area contributed by atoms with Gasteiger partial charge in [-0.25, -0.2) is 4.79 Å². The molecule has 0 aromatic rings. The summed E-state index contributed by atoms with van der Waals surface area (Å²) in [4.78, 5) is 15.9. The molecule has 7 nitrogen and oxygen atoms in total.